The van der Waals surface area contributed by atoms with Crippen molar-refractivity contribution in [1.82, 2.24) is 20.9 Å². The van der Waals surface area contributed by atoms with Gasteiger partial charge in [-0.05, 0) is 43.3 Å². The maximum absolute atomic E-state index is 12.4. The molecule has 30 heavy (non-hydrogen) atoms. The van der Waals surface area contributed by atoms with E-state index in [1.807, 2.05) is 24.3 Å². The molecule has 0 fully saturated rings. The van der Waals surface area contributed by atoms with Gasteiger partial charge in [0, 0.05) is 52.5 Å². The number of nitrogens with zero attached hydrogens (tertiary/aromatic N) is 2. The highest BCUT2D eigenvalue weighted by atomic mass is 16.5. The Morgan fingerprint density at radius 2 is 2.00 bits per heavy atom. The Labute approximate surface area is 178 Å². The SMILES string of the molecule is CN=C(NCCN(C)CCCOC)NCc1cccc(C(=O)NCc2ccco2)c1. The number of furan rings is 1. The summed E-state index contributed by atoms with van der Waals surface area (Å²) in [6.45, 7) is 4.42. The molecular weight excluding hydrogens is 382 g/mol. The number of benzene rings is 1. The van der Waals surface area contributed by atoms with Crippen LogP contribution in [0.3, 0.4) is 0 Å². The fourth-order valence-corrected chi connectivity index (χ4v) is 2.87. The van der Waals surface area contributed by atoms with Gasteiger partial charge in [-0.1, -0.05) is 12.1 Å². The van der Waals surface area contributed by atoms with E-state index in [-0.39, 0.29) is 5.91 Å². The van der Waals surface area contributed by atoms with Gasteiger partial charge in [-0.2, -0.15) is 0 Å². The Morgan fingerprint density at radius 1 is 1.13 bits per heavy atom. The number of carbonyl (C=O) groups excluding carboxylic acids is 1. The van der Waals surface area contributed by atoms with Crippen molar-refractivity contribution in [3.05, 3.63) is 59.5 Å². The molecule has 164 valence electrons. The van der Waals surface area contributed by atoms with Crippen LogP contribution in [0.4, 0.5) is 0 Å². The predicted octanol–water partition coefficient (Wildman–Crippen LogP) is 1.84. The smallest absolute Gasteiger partial charge is 0.251 e. The van der Waals surface area contributed by atoms with E-state index in [0.29, 0.717) is 18.7 Å². The molecular formula is C22H33N5O3. The first-order valence-corrected chi connectivity index (χ1v) is 10.1. The minimum Gasteiger partial charge on any atom is -0.467 e. The third kappa shape index (κ3) is 8.67. The molecule has 0 bridgehead atoms. The lowest BCUT2D eigenvalue weighted by Gasteiger charge is -2.18. The van der Waals surface area contributed by atoms with Crippen molar-refractivity contribution in [2.75, 3.05) is 47.4 Å². The molecule has 0 spiro atoms. The molecule has 0 aliphatic heterocycles. The van der Waals surface area contributed by atoms with Crippen LogP contribution >= 0.6 is 0 Å². The van der Waals surface area contributed by atoms with Crippen molar-refractivity contribution in [3.63, 3.8) is 0 Å². The van der Waals surface area contributed by atoms with Gasteiger partial charge in [0.05, 0.1) is 12.8 Å². The van der Waals surface area contributed by atoms with Gasteiger partial charge in [0.25, 0.3) is 5.91 Å². The third-order valence-electron chi connectivity index (χ3n) is 4.55. The molecule has 0 saturated heterocycles. The minimum absolute atomic E-state index is 0.132. The molecule has 1 aromatic carbocycles. The normalized spacial score (nSPS) is 11.5. The van der Waals surface area contributed by atoms with Crippen LogP contribution in [-0.2, 0) is 17.8 Å². The van der Waals surface area contributed by atoms with Gasteiger partial charge >= 0.3 is 0 Å². The van der Waals surface area contributed by atoms with Crippen molar-refractivity contribution in [3.8, 4) is 0 Å². The molecule has 2 aromatic rings. The highest BCUT2D eigenvalue weighted by Crippen LogP contribution is 2.06. The van der Waals surface area contributed by atoms with Crippen molar-refractivity contribution in [2.45, 2.75) is 19.5 Å². The molecule has 0 aliphatic carbocycles. The van der Waals surface area contributed by atoms with Crippen molar-refractivity contribution in [2.24, 2.45) is 4.99 Å². The van der Waals surface area contributed by atoms with Crippen LogP contribution in [0.15, 0.2) is 52.1 Å². The van der Waals surface area contributed by atoms with Gasteiger partial charge in [-0.15, -0.1) is 0 Å². The number of aliphatic imine (C=N–C) groups is 1. The van der Waals surface area contributed by atoms with Gasteiger partial charge in [0.2, 0.25) is 0 Å². The average Bonchev–Trinajstić information content (AvgIpc) is 3.28. The summed E-state index contributed by atoms with van der Waals surface area (Å²) in [4.78, 5) is 18.9. The Hall–Kier alpha value is -2.84. The van der Waals surface area contributed by atoms with Gasteiger partial charge in [-0.3, -0.25) is 9.79 Å². The van der Waals surface area contributed by atoms with Gasteiger partial charge in [-0.25, -0.2) is 0 Å². The number of carbonyl (C=O) groups is 1. The molecule has 8 heteroatoms. The Balaban J connectivity index is 1.74. The zero-order valence-electron chi connectivity index (χ0n) is 18.1. The highest BCUT2D eigenvalue weighted by molar-refractivity contribution is 5.94. The van der Waals surface area contributed by atoms with Crippen LogP contribution < -0.4 is 16.0 Å². The molecule has 0 aliphatic rings. The summed E-state index contributed by atoms with van der Waals surface area (Å²) in [7, 11) is 5.56. The maximum atomic E-state index is 12.4. The summed E-state index contributed by atoms with van der Waals surface area (Å²) in [5, 5.41) is 9.46. The van der Waals surface area contributed by atoms with Crippen LogP contribution in [-0.4, -0.2) is 64.2 Å². The number of likely N-dealkylation sites (N-methyl/N-ethyl adjacent to an activating group) is 1. The zero-order valence-corrected chi connectivity index (χ0v) is 18.1. The molecule has 0 atom stereocenters. The first-order valence-electron chi connectivity index (χ1n) is 10.1. The molecule has 1 aromatic heterocycles. The average molecular weight is 416 g/mol. The number of rotatable bonds is 12. The first-order chi connectivity index (χ1) is 14.6. The maximum Gasteiger partial charge on any atom is 0.251 e. The molecule has 0 unspecified atom stereocenters. The van der Waals surface area contributed by atoms with E-state index in [1.54, 1.807) is 32.6 Å². The van der Waals surface area contributed by atoms with E-state index in [9.17, 15) is 4.79 Å². The van der Waals surface area contributed by atoms with Gasteiger partial charge in [0.15, 0.2) is 5.96 Å². The van der Waals surface area contributed by atoms with Crippen molar-refractivity contribution in [1.29, 1.82) is 0 Å². The molecule has 3 N–H and O–H groups in total. The van der Waals surface area contributed by atoms with E-state index in [2.05, 4.69) is 32.9 Å². The van der Waals surface area contributed by atoms with Crippen LogP contribution in [0, 0.1) is 0 Å². The fourth-order valence-electron chi connectivity index (χ4n) is 2.87. The summed E-state index contributed by atoms with van der Waals surface area (Å²) >= 11 is 0. The van der Waals surface area contributed by atoms with E-state index < -0.39 is 0 Å². The van der Waals surface area contributed by atoms with E-state index in [1.165, 1.54) is 0 Å². The number of nitrogens with one attached hydrogen (secondary N) is 3. The molecule has 1 amide bonds. The summed E-state index contributed by atoms with van der Waals surface area (Å²) in [5.74, 6) is 1.32. The number of hydrogen-bond donors (Lipinski definition) is 3. The zero-order chi connectivity index (χ0) is 21.6. The van der Waals surface area contributed by atoms with Crippen molar-refractivity contribution >= 4 is 11.9 Å². The second-order valence-corrected chi connectivity index (χ2v) is 6.96. The van der Waals surface area contributed by atoms with Crippen LogP contribution in [0.5, 0.6) is 0 Å². The molecule has 0 saturated carbocycles. The third-order valence-corrected chi connectivity index (χ3v) is 4.55. The minimum atomic E-state index is -0.132. The number of methoxy groups -OCH3 is 1. The summed E-state index contributed by atoms with van der Waals surface area (Å²) in [5.41, 5.74) is 1.61. The van der Waals surface area contributed by atoms with E-state index in [4.69, 9.17) is 9.15 Å². The Kier molecular flexibility index (Phi) is 10.5. The fraction of sp³-hybridized carbons (Fsp3) is 0.455. The Bertz CT molecular complexity index is 777. The van der Waals surface area contributed by atoms with Crippen LogP contribution in [0.25, 0.3) is 0 Å². The number of guanidine groups is 1. The first kappa shape index (κ1) is 23.4. The highest BCUT2D eigenvalue weighted by Gasteiger charge is 2.07. The summed E-state index contributed by atoms with van der Waals surface area (Å²) in [6, 6.07) is 11.2. The lowest BCUT2D eigenvalue weighted by molar-refractivity contribution is 0.0948. The molecule has 0 radical (unpaired) electrons. The second kappa shape index (κ2) is 13.4. The quantitative estimate of drug-likeness (QED) is 0.278. The number of hydrogen-bond acceptors (Lipinski definition) is 5. The topological polar surface area (TPSA) is 91.1 Å². The van der Waals surface area contributed by atoms with E-state index in [0.717, 1.165) is 49.9 Å². The molecule has 8 nitrogen and oxygen atoms in total. The van der Waals surface area contributed by atoms with Gasteiger partial charge < -0.3 is 30.0 Å². The van der Waals surface area contributed by atoms with Crippen molar-refractivity contribution < 1.29 is 13.9 Å². The Morgan fingerprint density at radius 3 is 2.73 bits per heavy atom. The van der Waals surface area contributed by atoms with Crippen LogP contribution in [0.2, 0.25) is 0 Å². The molecule has 2 rings (SSSR count). The number of ether oxygens (including phenoxy) is 1. The van der Waals surface area contributed by atoms with Gasteiger partial charge in [0.1, 0.15) is 5.76 Å². The van der Waals surface area contributed by atoms with E-state index >= 15 is 0 Å². The largest absolute Gasteiger partial charge is 0.467 e. The standard InChI is InChI=1S/C22H33N5O3/c1-23-22(24-10-12-27(2)11-6-13-29-3)26-16-18-7-4-8-19(15-18)21(28)25-17-20-9-5-14-30-20/h4-5,7-9,14-15H,6,10-13,16-17H2,1-3H3,(H,25,28)(H2,23,24,26). The monoisotopic (exact) mass is 415 g/mol. The summed E-state index contributed by atoms with van der Waals surface area (Å²) in [6.07, 6.45) is 2.61. The second-order valence-electron chi connectivity index (χ2n) is 6.96. The number of amides is 1. The molecule has 1 heterocycles. The van der Waals surface area contributed by atoms with Crippen LogP contribution in [0.1, 0.15) is 28.1 Å². The lowest BCUT2D eigenvalue weighted by Crippen LogP contribution is -2.40. The summed E-state index contributed by atoms with van der Waals surface area (Å²) < 4.78 is 10.3. The predicted molar refractivity (Wildman–Crippen MR) is 119 cm³/mol. The lowest BCUT2D eigenvalue weighted by atomic mass is 10.1.